The Labute approximate surface area is 65.5 Å². The fourth-order valence-corrected chi connectivity index (χ4v) is 0.890. The maximum absolute atomic E-state index is 5.37. The van der Waals surface area contributed by atoms with E-state index in [1.165, 1.54) is 0 Å². The molecular weight excluding hydrogens is 140 g/mol. The number of hydrogen-bond donors (Lipinski definition) is 1. The summed E-state index contributed by atoms with van der Waals surface area (Å²) in [5, 5.41) is 1.72. The number of benzene rings is 1. The zero-order chi connectivity index (χ0) is 7.52. The van der Waals surface area contributed by atoms with E-state index in [9.17, 15) is 0 Å². The number of rotatable bonds is 2. The fraction of sp³-hybridized carbons (Fsp3) is 0.250. The van der Waals surface area contributed by atoms with Crippen LogP contribution in [0.3, 0.4) is 0 Å². The van der Waals surface area contributed by atoms with Gasteiger partial charge >= 0.3 is 0 Å². The highest BCUT2D eigenvalue weighted by Gasteiger charge is 2.13. The molecule has 0 amide bonds. The largest absolute Gasteiger partial charge is 0.391 e. The first kappa shape index (κ1) is 6.64. The van der Waals surface area contributed by atoms with E-state index < -0.39 is 0 Å². The van der Waals surface area contributed by atoms with Crippen molar-refractivity contribution in [3.8, 4) is 5.75 Å². The highest BCUT2D eigenvalue weighted by molar-refractivity contribution is 5.20. The summed E-state index contributed by atoms with van der Waals surface area (Å²) in [6, 6.07) is 9.74. The Morgan fingerprint density at radius 3 is 2.55 bits per heavy atom. The molecule has 0 saturated carbocycles. The van der Waals surface area contributed by atoms with Gasteiger partial charge in [-0.3, -0.25) is 0 Å². The molecule has 3 heteroatoms. The minimum Gasteiger partial charge on any atom is -0.391 e. The van der Waals surface area contributed by atoms with Crippen LogP contribution in [0, 0.1) is 0 Å². The van der Waals surface area contributed by atoms with Crippen molar-refractivity contribution in [1.82, 2.24) is 10.6 Å². The van der Waals surface area contributed by atoms with E-state index in [4.69, 9.17) is 4.84 Å². The Kier molecular flexibility index (Phi) is 1.75. The molecule has 11 heavy (non-hydrogen) atoms. The predicted octanol–water partition coefficient (Wildman–Crippen LogP) is 0.801. The number of hydrazine groups is 1. The molecule has 1 fully saturated rings. The summed E-state index contributed by atoms with van der Waals surface area (Å²) in [6.07, 6.45) is 0. The van der Waals surface area contributed by atoms with Crippen LogP contribution < -0.4 is 10.3 Å². The first-order valence-electron chi connectivity index (χ1n) is 3.69. The molecule has 0 bridgehead atoms. The normalized spacial score (nSPS) is 17.5. The SMILES string of the molecule is c1ccc(ON2CCN2)cc1. The lowest BCUT2D eigenvalue weighted by Crippen LogP contribution is -2.55. The van der Waals surface area contributed by atoms with Crippen molar-refractivity contribution in [2.24, 2.45) is 0 Å². The second-order valence-corrected chi connectivity index (χ2v) is 2.41. The third-order valence-electron chi connectivity index (χ3n) is 1.56. The average Bonchev–Trinajstić information content (AvgIpc) is 1.99. The van der Waals surface area contributed by atoms with Crippen LogP contribution in [0.4, 0.5) is 0 Å². The monoisotopic (exact) mass is 150 g/mol. The van der Waals surface area contributed by atoms with Gasteiger partial charge in [0.05, 0.1) is 6.54 Å². The summed E-state index contributed by atoms with van der Waals surface area (Å²) in [4.78, 5) is 5.37. The van der Waals surface area contributed by atoms with Crippen LogP contribution in [0.5, 0.6) is 5.75 Å². The molecular formula is C8H10N2O. The van der Waals surface area contributed by atoms with Crippen LogP contribution in [0.2, 0.25) is 0 Å². The summed E-state index contributed by atoms with van der Waals surface area (Å²) in [5.74, 6) is 0.875. The maximum Gasteiger partial charge on any atom is 0.149 e. The Hall–Kier alpha value is -1.06. The number of hydrogen-bond acceptors (Lipinski definition) is 3. The first-order chi connectivity index (χ1) is 5.45. The molecule has 0 radical (unpaired) electrons. The van der Waals surface area contributed by atoms with Gasteiger partial charge in [0.2, 0.25) is 0 Å². The van der Waals surface area contributed by atoms with Crippen molar-refractivity contribution in [2.75, 3.05) is 13.1 Å². The molecule has 1 heterocycles. The lowest BCUT2D eigenvalue weighted by atomic mass is 10.3. The Balaban J connectivity index is 1.95. The van der Waals surface area contributed by atoms with E-state index in [2.05, 4.69) is 5.43 Å². The quantitative estimate of drug-likeness (QED) is 0.675. The lowest BCUT2D eigenvalue weighted by molar-refractivity contribution is -0.155. The fourth-order valence-electron chi connectivity index (χ4n) is 0.890. The van der Waals surface area contributed by atoms with Gasteiger partial charge < -0.3 is 4.84 Å². The van der Waals surface area contributed by atoms with Crippen LogP contribution in [-0.2, 0) is 0 Å². The van der Waals surface area contributed by atoms with Crippen LogP contribution >= 0.6 is 0 Å². The van der Waals surface area contributed by atoms with E-state index in [1.54, 1.807) is 5.17 Å². The van der Waals surface area contributed by atoms with Crippen molar-refractivity contribution >= 4 is 0 Å². The van der Waals surface area contributed by atoms with Crippen molar-refractivity contribution in [2.45, 2.75) is 0 Å². The second-order valence-electron chi connectivity index (χ2n) is 2.41. The molecule has 2 rings (SSSR count). The molecule has 0 unspecified atom stereocenters. The van der Waals surface area contributed by atoms with Crippen molar-refractivity contribution in [3.05, 3.63) is 30.3 Å². The molecule has 0 spiro atoms. The number of nitrogens with zero attached hydrogens (tertiary/aromatic N) is 1. The van der Waals surface area contributed by atoms with Crippen LogP contribution in [0.15, 0.2) is 30.3 Å². The van der Waals surface area contributed by atoms with Crippen LogP contribution in [-0.4, -0.2) is 18.3 Å². The van der Waals surface area contributed by atoms with Gasteiger partial charge in [-0.1, -0.05) is 23.4 Å². The van der Waals surface area contributed by atoms with Gasteiger partial charge in [0.1, 0.15) is 5.75 Å². The zero-order valence-corrected chi connectivity index (χ0v) is 6.16. The summed E-state index contributed by atoms with van der Waals surface area (Å²) >= 11 is 0. The molecule has 1 aliphatic rings. The van der Waals surface area contributed by atoms with Gasteiger partial charge in [0.25, 0.3) is 0 Å². The highest BCUT2D eigenvalue weighted by atomic mass is 16.7. The molecule has 1 N–H and O–H groups in total. The first-order valence-corrected chi connectivity index (χ1v) is 3.69. The summed E-state index contributed by atoms with van der Waals surface area (Å²) in [7, 11) is 0. The van der Waals surface area contributed by atoms with E-state index in [0.717, 1.165) is 18.8 Å². The molecule has 1 aliphatic heterocycles. The van der Waals surface area contributed by atoms with Crippen molar-refractivity contribution < 1.29 is 4.84 Å². The molecule has 0 atom stereocenters. The molecule has 1 aromatic rings. The number of para-hydroxylation sites is 1. The van der Waals surface area contributed by atoms with Gasteiger partial charge in [-0.2, -0.15) is 0 Å². The average molecular weight is 150 g/mol. The van der Waals surface area contributed by atoms with Crippen LogP contribution in [0.1, 0.15) is 0 Å². The van der Waals surface area contributed by atoms with E-state index in [0.29, 0.717) is 0 Å². The van der Waals surface area contributed by atoms with Crippen molar-refractivity contribution in [3.63, 3.8) is 0 Å². The standard InChI is InChI=1S/C8H10N2O/c1-2-4-8(5-3-1)11-10-7-6-9-10/h1-5,9H,6-7H2. The predicted molar refractivity (Wildman–Crippen MR) is 41.8 cm³/mol. The van der Waals surface area contributed by atoms with Gasteiger partial charge in [-0.15, -0.1) is 0 Å². The zero-order valence-electron chi connectivity index (χ0n) is 6.16. The molecule has 0 aromatic heterocycles. The van der Waals surface area contributed by atoms with E-state index in [-0.39, 0.29) is 0 Å². The van der Waals surface area contributed by atoms with Crippen LogP contribution in [0.25, 0.3) is 0 Å². The summed E-state index contributed by atoms with van der Waals surface area (Å²) < 4.78 is 0. The smallest absolute Gasteiger partial charge is 0.149 e. The summed E-state index contributed by atoms with van der Waals surface area (Å²) in [6.45, 7) is 1.96. The summed E-state index contributed by atoms with van der Waals surface area (Å²) in [5.41, 5.74) is 3.01. The number of nitrogens with one attached hydrogen (secondary N) is 1. The van der Waals surface area contributed by atoms with Gasteiger partial charge in [0.15, 0.2) is 0 Å². The van der Waals surface area contributed by atoms with Crippen molar-refractivity contribution in [1.29, 1.82) is 0 Å². The third-order valence-corrected chi connectivity index (χ3v) is 1.56. The molecule has 3 nitrogen and oxygen atoms in total. The Morgan fingerprint density at radius 2 is 2.00 bits per heavy atom. The van der Waals surface area contributed by atoms with E-state index >= 15 is 0 Å². The lowest BCUT2D eigenvalue weighted by Gasteiger charge is -2.30. The Morgan fingerprint density at radius 1 is 1.27 bits per heavy atom. The molecule has 1 aromatic carbocycles. The minimum absolute atomic E-state index is 0.875. The minimum atomic E-state index is 0.875. The van der Waals surface area contributed by atoms with E-state index in [1.807, 2.05) is 30.3 Å². The molecule has 0 aliphatic carbocycles. The topological polar surface area (TPSA) is 24.5 Å². The van der Waals surface area contributed by atoms with Gasteiger partial charge in [0, 0.05) is 6.54 Å². The maximum atomic E-state index is 5.37. The Bertz CT molecular complexity index is 221. The van der Waals surface area contributed by atoms with Gasteiger partial charge in [-0.25, -0.2) is 5.43 Å². The highest BCUT2D eigenvalue weighted by Crippen LogP contribution is 2.10. The second kappa shape index (κ2) is 2.90. The third kappa shape index (κ3) is 1.50. The van der Waals surface area contributed by atoms with Gasteiger partial charge in [-0.05, 0) is 12.1 Å². The molecule has 1 saturated heterocycles. The molecule has 58 valence electrons. The number of hydroxylamine groups is 1.